The first-order valence-corrected chi connectivity index (χ1v) is 7.65. The number of pyridine rings is 1. The van der Waals surface area contributed by atoms with Gasteiger partial charge in [0.25, 0.3) is 0 Å². The molecule has 1 N–H and O–H groups in total. The van der Waals surface area contributed by atoms with Gasteiger partial charge in [0.1, 0.15) is 11.8 Å². The van der Waals surface area contributed by atoms with Crippen molar-refractivity contribution in [2.24, 2.45) is 0 Å². The number of nitriles is 1. The van der Waals surface area contributed by atoms with Gasteiger partial charge in [-0.05, 0) is 22.1 Å². The highest BCUT2D eigenvalue weighted by atomic mass is 32.2. The molecule has 7 nitrogen and oxygen atoms in total. The summed E-state index contributed by atoms with van der Waals surface area (Å²) in [6, 6.07) is 6.25. The summed E-state index contributed by atoms with van der Waals surface area (Å²) in [5.41, 5.74) is 1.34. The van der Waals surface area contributed by atoms with Crippen LogP contribution in [0.15, 0.2) is 23.5 Å². The van der Waals surface area contributed by atoms with Crippen molar-refractivity contribution >= 4 is 11.8 Å². The highest BCUT2D eigenvalue weighted by Crippen LogP contribution is 2.20. The molecule has 0 radical (unpaired) electrons. The number of aromatic nitrogens is 5. The number of tetrazole rings is 1. The van der Waals surface area contributed by atoms with Crippen LogP contribution in [0.3, 0.4) is 0 Å². The van der Waals surface area contributed by atoms with Crippen LogP contribution in [0.2, 0.25) is 0 Å². The van der Waals surface area contributed by atoms with Gasteiger partial charge in [0.05, 0.1) is 6.54 Å². The van der Waals surface area contributed by atoms with Crippen molar-refractivity contribution in [3.8, 4) is 6.07 Å². The van der Waals surface area contributed by atoms with Crippen molar-refractivity contribution in [3.63, 3.8) is 0 Å². The van der Waals surface area contributed by atoms with Gasteiger partial charge in [0.15, 0.2) is 0 Å². The van der Waals surface area contributed by atoms with E-state index in [2.05, 4.69) is 45.7 Å². The summed E-state index contributed by atoms with van der Waals surface area (Å²) in [7, 11) is 0. The molecular weight excluding hydrogens is 286 g/mol. The molecule has 0 atom stereocenters. The highest BCUT2D eigenvalue weighted by Gasteiger charge is 2.09. The van der Waals surface area contributed by atoms with Crippen molar-refractivity contribution in [2.75, 3.05) is 6.54 Å². The van der Waals surface area contributed by atoms with Crippen molar-refractivity contribution in [2.45, 2.75) is 37.3 Å². The van der Waals surface area contributed by atoms with Gasteiger partial charge in [-0.2, -0.15) is 5.26 Å². The summed E-state index contributed by atoms with van der Waals surface area (Å²) in [6.45, 7) is 5.72. The molecule has 0 aliphatic heterocycles. The van der Waals surface area contributed by atoms with Gasteiger partial charge in [-0.3, -0.25) is 0 Å². The molecule has 0 saturated carbocycles. The van der Waals surface area contributed by atoms with Gasteiger partial charge in [-0.15, -0.1) is 5.10 Å². The van der Waals surface area contributed by atoms with Crippen LogP contribution in [0.25, 0.3) is 0 Å². The topological polar surface area (TPSA) is 92.3 Å². The van der Waals surface area contributed by atoms with Gasteiger partial charge in [0.2, 0.25) is 5.16 Å². The second-order valence-corrected chi connectivity index (χ2v) is 5.65. The number of hydrogen-bond acceptors (Lipinski definition) is 7. The van der Waals surface area contributed by atoms with Gasteiger partial charge in [0, 0.05) is 24.5 Å². The molecule has 2 aromatic heterocycles. The monoisotopic (exact) mass is 303 g/mol. The minimum Gasteiger partial charge on any atom is -0.313 e. The molecular formula is C13H17N7S. The number of nitrogens with one attached hydrogen (secondary N) is 1. The zero-order valence-electron chi connectivity index (χ0n) is 12.0. The summed E-state index contributed by atoms with van der Waals surface area (Å²) >= 11 is 1.50. The molecule has 0 aliphatic carbocycles. The average molecular weight is 303 g/mol. The molecule has 0 amide bonds. The van der Waals surface area contributed by atoms with Crippen LogP contribution in [-0.4, -0.2) is 37.8 Å². The second-order valence-electron chi connectivity index (χ2n) is 4.71. The molecule has 0 spiro atoms. The van der Waals surface area contributed by atoms with E-state index in [1.54, 1.807) is 10.9 Å². The molecule has 0 saturated heterocycles. The van der Waals surface area contributed by atoms with E-state index < -0.39 is 0 Å². The van der Waals surface area contributed by atoms with Crippen molar-refractivity contribution < 1.29 is 0 Å². The predicted octanol–water partition coefficient (Wildman–Crippen LogP) is 1.23. The lowest BCUT2D eigenvalue weighted by Crippen LogP contribution is -2.27. The number of rotatable bonds is 7. The first kappa shape index (κ1) is 15.4. The Morgan fingerprint density at radius 2 is 2.33 bits per heavy atom. The van der Waals surface area contributed by atoms with E-state index >= 15 is 0 Å². The van der Waals surface area contributed by atoms with Gasteiger partial charge >= 0.3 is 0 Å². The van der Waals surface area contributed by atoms with Gasteiger partial charge < -0.3 is 5.32 Å². The van der Waals surface area contributed by atoms with Crippen molar-refractivity contribution in [3.05, 3.63) is 29.6 Å². The molecule has 2 heterocycles. The summed E-state index contributed by atoms with van der Waals surface area (Å²) in [4.78, 5) is 4.05. The quantitative estimate of drug-likeness (QED) is 0.769. The Labute approximate surface area is 127 Å². The lowest BCUT2D eigenvalue weighted by atomic mass is 10.2. The Bertz CT molecular complexity index is 617. The summed E-state index contributed by atoms with van der Waals surface area (Å²) < 4.78 is 1.77. The van der Waals surface area contributed by atoms with Crippen LogP contribution in [0.5, 0.6) is 0 Å². The molecule has 2 aromatic rings. The lowest BCUT2D eigenvalue weighted by molar-refractivity contribution is 0.485. The molecule has 110 valence electrons. The van der Waals surface area contributed by atoms with E-state index in [-0.39, 0.29) is 0 Å². The molecule has 0 unspecified atom stereocenters. The van der Waals surface area contributed by atoms with Crippen LogP contribution >= 0.6 is 11.8 Å². The summed E-state index contributed by atoms with van der Waals surface area (Å²) in [5, 5.41) is 24.8. The molecule has 2 rings (SSSR count). The van der Waals surface area contributed by atoms with E-state index in [0.717, 1.165) is 17.3 Å². The number of thioether (sulfide) groups is 1. The van der Waals surface area contributed by atoms with E-state index in [1.807, 2.05) is 12.1 Å². The largest absolute Gasteiger partial charge is 0.313 e. The minimum atomic E-state index is 0.436. The fourth-order valence-corrected chi connectivity index (χ4v) is 2.59. The lowest BCUT2D eigenvalue weighted by Gasteiger charge is -2.08. The van der Waals surface area contributed by atoms with Gasteiger partial charge in [-0.25, -0.2) is 9.67 Å². The third-order valence-corrected chi connectivity index (χ3v) is 3.74. The third-order valence-electron chi connectivity index (χ3n) is 2.73. The average Bonchev–Trinajstić information content (AvgIpc) is 2.92. The molecule has 0 aliphatic rings. The van der Waals surface area contributed by atoms with E-state index in [1.165, 1.54) is 11.8 Å². The van der Waals surface area contributed by atoms with Crippen LogP contribution in [0.1, 0.15) is 25.1 Å². The van der Waals surface area contributed by atoms with Crippen molar-refractivity contribution in [1.82, 2.24) is 30.5 Å². The molecule has 0 bridgehead atoms. The fraction of sp³-hybridized carbons (Fsp3) is 0.462. The first-order valence-electron chi connectivity index (χ1n) is 6.67. The standard InChI is InChI=1S/C13H17N7S/c1-10(2)15-6-7-20-13(17-18-19-20)21-9-11-4-3-5-16-12(11)8-14/h3-5,10,15H,6-7,9H2,1-2H3. The van der Waals surface area contributed by atoms with Crippen LogP contribution < -0.4 is 5.32 Å². The predicted molar refractivity (Wildman–Crippen MR) is 79.5 cm³/mol. The Balaban J connectivity index is 1.95. The maximum atomic E-state index is 9.02. The first-order chi connectivity index (χ1) is 10.2. The molecule has 0 aromatic carbocycles. The smallest absolute Gasteiger partial charge is 0.209 e. The number of nitrogens with zero attached hydrogens (tertiary/aromatic N) is 6. The fourth-order valence-electron chi connectivity index (χ4n) is 1.70. The van der Waals surface area contributed by atoms with Crippen molar-refractivity contribution in [1.29, 1.82) is 5.26 Å². The summed E-state index contributed by atoms with van der Waals surface area (Å²) in [5.74, 6) is 0.620. The van der Waals surface area contributed by atoms with Crippen LogP contribution in [0, 0.1) is 11.3 Å². The summed E-state index contributed by atoms with van der Waals surface area (Å²) in [6.07, 6.45) is 1.62. The van der Waals surface area contributed by atoms with E-state index in [4.69, 9.17) is 5.26 Å². The van der Waals surface area contributed by atoms with Crippen LogP contribution in [-0.2, 0) is 12.3 Å². The van der Waals surface area contributed by atoms with Gasteiger partial charge in [-0.1, -0.05) is 31.7 Å². The zero-order valence-corrected chi connectivity index (χ0v) is 12.8. The highest BCUT2D eigenvalue weighted by molar-refractivity contribution is 7.98. The Hall–Kier alpha value is -1.98. The third kappa shape index (κ3) is 4.51. The Kier molecular flexibility index (Phi) is 5.66. The molecule has 21 heavy (non-hydrogen) atoms. The maximum absolute atomic E-state index is 9.02. The maximum Gasteiger partial charge on any atom is 0.209 e. The SMILES string of the molecule is CC(C)NCCn1nnnc1SCc1cccnc1C#N. The Morgan fingerprint density at radius 3 is 3.10 bits per heavy atom. The zero-order chi connectivity index (χ0) is 15.1. The molecule has 8 heteroatoms. The van der Waals surface area contributed by atoms with E-state index in [0.29, 0.717) is 24.0 Å². The minimum absolute atomic E-state index is 0.436. The number of hydrogen-bond donors (Lipinski definition) is 1. The second kappa shape index (κ2) is 7.71. The van der Waals surface area contributed by atoms with Crippen LogP contribution in [0.4, 0.5) is 0 Å². The normalized spacial score (nSPS) is 10.8. The Morgan fingerprint density at radius 1 is 1.48 bits per heavy atom. The molecule has 0 fully saturated rings. The van der Waals surface area contributed by atoms with E-state index in [9.17, 15) is 0 Å².